The smallest absolute Gasteiger partial charge is 0.178 e. The highest BCUT2D eigenvalue weighted by atomic mass is 14.9. The molecule has 1 aliphatic carbocycles. The standard InChI is InChI=1S/C13H15N3/c1-8(2)9-6-7-14-13-12(9)15-10-4-3-5-11(10)16-13/h6-8H,3-5H2,1-2H3. The summed E-state index contributed by atoms with van der Waals surface area (Å²) in [5.41, 5.74) is 5.40. The van der Waals surface area contributed by atoms with Crippen LogP contribution in [-0.2, 0) is 12.8 Å². The van der Waals surface area contributed by atoms with E-state index in [0.717, 1.165) is 29.7 Å². The van der Waals surface area contributed by atoms with Crippen molar-refractivity contribution in [2.24, 2.45) is 0 Å². The molecule has 1 aliphatic rings. The van der Waals surface area contributed by atoms with Crippen LogP contribution in [0.2, 0.25) is 0 Å². The van der Waals surface area contributed by atoms with Crippen LogP contribution in [0.3, 0.4) is 0 Å². The number of nitrogens with zero attached hydrogens (tertiary/aromatic N) is 3. The van der Waals surface area contributed by atoms with E-state index >= 15 is 0 Å². The topological polar surface area (TPSA) is 38.7 Å². The summed E-state index contributed by atoms with van der Waals surface area (Å²) in [6, 6.07) is 2.06. The number of hydrogen-bond donors (Lipinski definition) is 0. The van der Waals surface area contributed by atoms with Crippen molar-refractivity contribution in [3.8, 4) is 0 Å². The predicted octanol–water partition coefficient (Wildman–Crippen LogP) is 2.64. The number of aryl methyl sites for hydroxylation is 2. The number of aromatic nitrogens is 3. The van der Waals surface area contributed by atoms with E-state index < -0.39 is 0 Å². The van der Waals surface area contributed by atoms with Gasteiger partial charge in [-0.1, -0.05) is 13.8 Å². The van der Waals surface area contributed by atoms with Gasteiger partial charge in [0.2, 0.25) is 0 Å². The summed E-state index contributed by atoms with van der Waals surface area (Å²) < 4.78 is 0. The van der Waals surface area contributed by atoms with Crippen molar-refractivity contribution >= 4 is 11.2 Å². The Kier molecular flexibility index (Phi) is 2.13. The normalized spacial score (nSPS) is 14.7. The first-order valence-corrected chi connectivity index (χ1v) is 5.90. The monoisotopic (exact) mass is 213 g/mol. The van der Waals surface area contributed by atoms with Crippen LogP contribution >= 0.6 is 0 Å². The van der Waals surface area contributed by atoms with E-state index in [9.17, 15) is 0 Å². The van der Waals surface area contributed by atoms with Crippen LogP contribution in [0, 0.1) is 0 Å². The molecule has 0 bridgehead atoms. The molecule has 0 saturated heterocycles. The third-order valence-corrected chi connectivity index (χ3v) is 3.21. The van der Waals surface area contributed by atoms with E-state index in [1.807, 2.05) is 6.20 Å². The minimum atomic E-state index is 0.472. The van der Waals surface area contributed by atoms with Gasteiger partial charge in [-0.25, -0.2) is 15.0 Å². The fourth-order valence-corrected chi connectivity index (χ4v) is 2.34. The van der Waals surface area contributed by atoms with Crippen LogP contribution in [0.1, 0.15) is 43.1 Å². The molecule has 0 radical (unpaired) electrons. The molecule has 0 N–H and O–H groups in total. The second kappa shape index (κ2) is 3.51. The Labute approximate surface area is 95.0 Å². The van der Waals surface area contributed by atoms with Gasteiger partial charge in [0.05, 0.1) is 11.4 Å². The highest BCUT2D eigenvalue weighted by Gasteiger charge is 2.17. The average Bonchev–Trinajstić information content (AvgIpc) is 2.71. The number of pyridine rings is 1. The number of fused-ring (bicyclic) bond motifs is 2. The predicted molar refractivity (Wildman–Crippen MR) is 63.4 cm³/mol. The molecular weight excluding hydrogens is 198 g/mol. The maximum absolute atomic E-state index is 4.75. The van der Waals surface area contributed by atoms with E-state index in [1.54, 1.807) is 0 Å². The van der Waals surface area contributed by atoms with E-state index in [4.69, 9.17) is 4.98 Å². The molecule has 0 saturated carbocycles. The Morgan fingerprint density at radius 1 is 1.12 bits per heavy atom. The molecule has 0 atom stereocenters. The van der Waals surface area contributed by atoms with Gasteiger partial charge in [-0.05, 0) is 36.8 Å². The van der Waals surface area contributed by atoms with Crippen molar-refractivity contribution in [3.63, 3.8) is 0 Å². The molecule has 3 nitrogen and oxygen atoms in total. The van der Waals surface area contributed by atoms with Crippen LogP contribution < -0.4 is 0 Å². The van der Waals surface area contributed by atoms with E-state index in [-0.39, 0.29) is 0 Å². The average molecular weight is 213 g/mol. The zero-order chi connectivity index (χ0) is 11.1. The molecule has 3 rings (SSSR count). The van der Waals surface area contributed by atoms with Gasteiger partial charge >= 0.3 is 0 Å². The van der Waals surface area contributed by atoms with Gasteiger partial charge in [-0.2, -0.15) is 0 Å². The van der Waals surface area contributed by atoms with Crippen LogP contribution in [0.5, 0.6) is 0 Å². The summed E-state index contributed by atoms with van der Waals surface area (Å²) in [4.78, 5) is 13.7. The summed E-state index contributed by atoms with van der Waals surface area (Å²) in [5, 5.41) is 0. The Morgan fingerprint density at radius 2 is 1.88 bits per heavy atom. The molecule has 3 heteroatoms. The molecule has 16 heavy (non-hydrogen) atoms. The number of hydrogen-bond acceptors (Lipinski definition) is 3. The quantitative estimate of drug-likeness (QED) is 0.731. The maximum Gasteiger partial charge on any atom is 0.178 e. The van der Waals surface area contributed by atoms with Gasteiger partial charge < -0.3 is 0 Å². The lowest BCUT2D eigenvalue weighted by molar-refractivity contribution is 0.866. The van der Waals surface area contributed by atoms with Gasteiger partial charge in [0.1, 0.15) is 5.52 Å². The fourth-order valence-electron chi connectivity index (χ4n) is 2.34. The van der Waals surface area contributed by atoms with Crippen molar-refractivity contribution in [1.29, 1.82) is 0 Å². The lowest BCUT2D eigenvalue weighted by Gasteiger charge is -2.09. The molecule has 2 heterocycles. The lowest BCUT2D eigenvalue weighted by Crippen LogP contribution is -2.00. The van der Waals surface area contributed by atoms with E-state index in [1.165, 1.54) is 17.7 Å². The third kappa shape index (κ3) is 1.39. The number of rotatable bonds is 1. The van der Waals surface area contributed by atoms with Gasteiger partial charge in [-0.3, -0.25) is 0 Å². The van der Waals surface area contributed by atoms with Gasteiger partial charge in [0.15, 0.2) is 5.65 Å². The minimum absolute atomic E-state index is 0.472. The molecule has 82 valence electrons. The Morgan fingerprint density at radius 3 is 2.62 bits per heavy atom. The highest BCUT2D eigenvalue weighted by Crippen LogP contribution is 2.25. The Balaban J connectivity index is 2.31. The van der Waals surface area contributed by atoms with Gasteiger partial charge in [0, 0.05) is 6.20 Å². The van der Waals surface area contributed by atoms with E-state index in [2.05, 4.69) is 29.9 Å². The summed E-state index contributed by atoms with van der Waals surface area (Å²) in [6.45, 7) is 4.37. The van der Waals surface area contributed by atoms with Crippen LogP contribution in [0.15, 0.2) is 12.3 Å². The zero-order valence-electron chi connectivity index (χ0n) is 9.70. The Bertz CT molecular complexity index is 546. The van der Waals surface area contributed by atoms with Crippen LogP contribution in [0.4, 0.5) is 0 Å². The van der Waals surface area contributed by atoms with Crippen LogP contribution in [0.25, 0.3) is 11.2 Å². The largest absolute Gasteiger partial charge is 0.247 e. The first-order valence-electron chi connectivity index (χ1n) is 5.90. The van der Waals surface area contributed by atoms with Crippen molar-refractivity contribution in [2.75, 3.05) is 0 Å². The third-order valence-electron chi connectivity index (χ3n) is 3.21. The molecule has 2 aromatic heterocycles. The molecule has 0 fully saturated rings. The van der Waals surface area contributed by atoms with E-state index in [0.29, 0.717) is 5.92 Å². The van der Waals surface area contributed by atoms with Gasteiger partial charge in [-0.15, -0.1) is 0 Å². The van der Waals surface area contributed by atoms with Gasteiger partial charge in [0.25, 0.3) is 0 Å². The second-order valence-corrected chi connectivity index (χ2v) is 4.70. The molecule has 0 aromatic carbocycles. The molecular formula is C13H15N3. The Hall–Kier alpha value is -1.51. The van der Waals surface area contributed by atoms with Crippen molar-refractivity contribution in [3.05, 3.63) is 29.2 Å². The molecule has 0 unspecified atom stereocenters. The fraction of sp³-hybridized carbons (Fsp3) is 0.462. The maximum atomic E-state index is 4.75. The summed E-state index contributed by atoms with van der Waals surface area (Å²) in [7, 11) is 0. The highest BCUT2D eigenvalue weighted by molar-refractivity contribution is 5.74. The molecule has 2 aromatic rings. The van der Waals surface area contributed by atoms with Crippen LogP contribution in [-0.4, -0.2) is 15.0 Å². The first kappa shape index (κ1) is 9.70. The van der Waals surface area contributed by atoms with Crippen molar-refractivity contribution in [2.45, 2.75) is 39.0 Å². The van der Waals surface area contributed by atoms with Crippen molar-refractivity contribution in [1.82, 2.24) is 15.0 Å². The molecule has 0 amide bonds. The summed E-state index contributed by atoms with van der Waals surface area (Å²) >= 11 is 0. The molecule has 0 aliphatic heterocycles. The second-order valence-electron chi connectivity index (χ2n) is 4.70. The SMILES string of the molecule is CC(C)c1ccnc2nc3c(nc12)CCC3. The van der Waals surface area contributed by atoms with Crippen molar-refractivity contribution < 1.29 is 0 Å². The summed E-state index contributed by atoms with van der Waals surface area (Å²) in [6.07, 6.45) is 5.16. The molecule has 0 spiro atoms. The minimum Gasteiger partial charge on any atom is -0.247 e. The first-order chi connectivity index (χ1) is 7.75. The zero-order valence-corrected chi connectivity index (χ0v) is 9.70. The lowest BCUT2D eigenvalue weighted by atomic mass is 10.0. The summed E-state index contributed by atoms with van der Waals surface area (Å²) in [5.74, 6) is 0.472.